The van der Waals surface area contributed by atoms with Gasteiger partial charge in [-0.25, -0.2) is 4.99 Å². The van der Waals surface area contributed by atoms with Crippen LogP contribution < -0.4 is 5.32 Å². The number of thiophene rings is 1. The number of rotatable bonds is 4. The average molecular weight is 471 g/mol. The molecule has 1 N–H and O–H groups in total. The number of amides is 1. The number of carbonyl (C=O) groups is 1. The van der Waals surface area contributed by atoms with Crippen LogP contribution in [-0.4, -0.2) is 66.3 Å². The van der Waals surface area contributed by atoms with Crippen molar-refractivity contribution in [1.29, 1.82) is 0 Å². The van der Waals surface area contributed by atoms with E-state index in [1.54, 1.807) is 6.92 Å². The predicted octanol–water partition coefficient (Wildman–Crippen LogP) is 2.39. The summed E-state index contributed by atoms with van der Waals surface area (Å²) in [5.74, 6) is 0.993. The summed E-state index contributed by atoms with van der Waals surface area (Å²) in [6.45, 7) is 6.58. The van der Waals surface area contributed by atoms with Gasteiger partial charge in [0, 0.05) is 68.9 Å². The molecule has 1 saturated heterocycles. The minimum Gasteiger partial charge on any atom is -0.484 e. The molecule has 0 aliphatic carbocycles. The smallest absolute Gasteiger partial charge is 0.219 e. The first kappa shape index (κ1) is 21.4. The van der Waals surface area contributed by atoms with Crippen LogP contribution in [0.4, 0.5) is 5.69 Å². The zero-order valence-corrected chi connectivity index (χ0v) is 20.1. The molecule has 3 aliphatic rings. The first-order chi connectivity index (χ1) is 15.5. The van der Waals surface area contributed by atoms with Crippen molar-refractivity contribution in [3.8, 4) is 0 Å². The molecule has 168 valence electrons. The lowest BCUT2D eigenvalue weighted by atomic mass is 10.1. The molecule has 0 radical (unpaired) electrons. The van der Waals surface area contributed by atoms with Gasteiger partial charge in [0.25, 0.3) is 0 Å². The average Bonchev–Trinajstić information content (AvgIpc) is 3.18. The van der Waals surface area contributed by atoms with Gasteiger partial charge >= 0.3 is 0 Å². The molecule has 4 heterocycles. The Morgan fingerprint density at radius 1 is 1.28 bits per heavy atom. The monoisotopic (exact) mass is 470 g/mol. The Kier molecular flexibility index (Phi) is 5.88. The summed E-state index contributed by atoms with van der Waals surface area (Å²) in [5.41, 5.74) is 3.32. The zero-order valence-electron chi connectivity index (χ0n) is 18.3. The lowest BCUT2D eigenvalue weighted by molar-refractivity contribution is -0.130. The SMILES string of the molecule is CC(=O)N1CCN(Cc2cc3c(s2)COC2=C3N(C)C(Nc3cccc([SH2+])c3)N=C2)CC1. The Bertz CT molecular complexity index is 1090. The van der Waals surface area contributed by atoms with Gasteiger partial charge in [0.05, 0.1) is 16.8 Å². The van der Waals surface area contributed by atoms with Crippen LogP contribution in [0.3, 0.4) is 0 Å². The number of ether oxygens (including phenoxy) is 1. The lowest BCUT2D eigenvalue weighted by Crippen LogP contribution is -2.47. The standard InChI is InChI=1S/C23H27N5O2S2/c1-15(29)28-8-6-27(7-9-28)13-18-11-19-21(32-18)14-30-20-12-24-23(26(2)22(19)20)25-16-4-3-5-17(31)10-16/h3-5,10-12,23,25,31H,6-9,13-14H2,1-2H3/p+1. The van der Waals surface area contributed by atoms with Crippen molar-refractivity contribution in [3.63, 3.8) is 0 Å². The summed E-state index contributed by atoms with van der Waals surface area (Å²) in [6, 6.07) is 10.4. The van der Waals surface area contributed by atoms with Gasteiger partial charge in [0.1, 0.15) is 6.61 Å². The van der Waals surface area contributed by atoms with Crippen LogP contribution in [0.2, 0.25) is 0 Å². The second-order valence-electron chi connectivity index (χ2n) is 8.32. The summed E-state index contributed by atoms with van der Waals surface area (Å²) in [4.78, 5) is 26.4. The van der Waals surface area contributed by atoms with Crippen molar-refractivity contribution < 1.29 is 9.53 Å². The van der Waals surface area contributed by atoms with Crippen molar-refractivity contribution >= 4 is 47.5 Å². The predicted molar refractivity (Wildman–Crippen MR) is 132 cm³/mol. The number of benzene rings is 1. The van der Waals surface area contributed by atoms with Crippen molar-refractivity contribution in [2.75, 3.05) is 38.5 Å². The molecule has 5 rings (SSSR count). The molecule has 1 amide bonds. The molecule has 1 aromatic carbocycles. The molecule has 1 aromatic heterocycles. The van der Waals surface area contributed by atoms with Crippen molar-refractivity contribution in [1.82, 2.24) is 14.7 Å². The van der Waals surface area contributed by atoms with Crippen molar-refractivity contribution in [2.24, 2.45) is 4.99 Å². The number of hydrogen-bond donors (Lipinski definition) is 1. The van der Waals surface area contributed by atoms with Gasteiger partial charge in [-0.3, -0.25) is 9.69 Å². The third-order valence-electron chi connectivity index (χ3n) is 6.12. The highest BCUT2D eigenvalue weighted by Gasteiger charge is 2.31. The third-order valence-corrected chi connectivity index (χ3v) is 7.52. The third kappa shape index (κ3) is 4.24. The van der Waals surface area contributed by atoms with Gasteiger partial charge < -0.3 is 19.9 Å². The Morgan fingerprint density at radius 2 is 2.09 bits per heavy atom. The molecule has 2 aromatic rings. The van der Waals surface area contributed by atoms with E-state index in [2.05, 4.69) is 45.9 Å². The number of carbonyl (C=O) groups excluding carboxylic acids is 1. The molecule has 0 bridgehead atoms. The number of fused-ring (bicyclic) bond motifs is 2. The maximum atomic E-state index is 11.6. The number of anilines is 1. The van der Waals surface area contributed by atoms with Crippen LogP contribution in [0.1, 0.15) is 22.2 Å². The van der Waals surface area contributed by atoms with Gasteiger partial charge in [0.15, 0.2) is 16.9 Å². The van der Waals surface area contributed by atoms with E-state index in [-0.39, 0.29) is 12.2 Å². The first-order valence-electron chi connectivity index (χ1n) is 10.8. The summed E-state index contributed by atoms with van der Waals surface area (Å²) in [7, 11) is 2.05. The fraction of sp³-hybridized carbons (Fsp3) is 0.391. The van der Waals surface area contributed by atoms with Gasteiger partial charge in [0.2, 0.25) is 5.91 Å². The van der Waals surface area contributed by atoms with Gasteiger partial charge in [-0.2, -0.15) is 0 Å². The minimum absolute atomic E-state index is 0.167. The van der Waals surface area contributed by atoms with E-state index in [4.69, 9.17) is 4.74 Å². The van der Waals surface area contributed by atoms with Gasteiger partial charge in [-0.1, -0.05) is 6.07 Å². The van der Waals surface area contributed by atoms with Crippen LogP contribution in [0.5, 0.6) is 0 Å². The summed E-state index contributed by atoms with van der Waals surface area (Å²) in [6.07, 6.45) is 1.63. The number of allylic oxidation sites excluding steroid dienone is 1. The first-order valence-corrected chi connectivity index (χ1v) is 12.1. The highest BCUT2D eigenvalue weighted by molar-refractivity contribution is 7.58. The molecule has 9 heteroatoms. The minimum atomic E-state index is -0.209. The summed E-state index contributed by atoms with van der Waals surface area (Å²) >= 11 is 5.40. The largest absolute Gasteiger partial charge is 0.484 e. The highest BCUT2D eigenvalue weighted by Crippen LogP contribution is 2.39. The van der Waals surface area contributed by atoms with Gasteiger partial charge in [-0.05, 0) is 30.8 Å². The Morgan fingerprint density at radius 3 is 2.84 bits per heavy atom. The Labute approximate surface area is 197 Å². The van der Waals surface area contributed by atoms with Crippen LogP contribution in [-0.2, 0) is 35.3 Å². The molecular formula is C23H28N5O2S2+. The zero-order chi connectivity index (χ0) is 22.2. The molecule has 0 spiro atoms. The second kappa shape index (κ2) is 8.80. The molecule has 0 saturated carbocycles. The Hall–Kier alpha value is -2.49. The van der Waals surface area contributed by atoms with Crippen LogP contribution in [0, 0.1) is 0 Å². The van der Waals surface area contributed by atoms with Crippen molar-refractivity contribution in [2.45, 2.75) is 31.3 Å². The number of aliphatic imine (C=N–C) groups is 1. The maximum absolute atomic E-state index is 11.6. The number of piperazine rings is 1. The molecule has 3 aliphatic heterocycles. The van der Waals surface area contributed by atoms with Crippen LogP contribution >= 0.6 is 11.3 Å². The van der Waals surface area contributed by atoms with Crippen molar-refractivity contribution in [3.05, 3.63) is 51.4 Å². The summed E-state index contributed by atoms with van der Waals surface area (Å²) in [5, 5.41) is 3.49. The maximum Gasteiger partial charge on any atom is 0.219 e. The van der Waals surface area contributed by atoms with E-state index in [1.165, 1.54) is 15.3 Å². The number of nitrogens with one attached hydrogen (secondary N) is 1. The van der Waals surface area contributed by atoms with E-state index < -0.39 is 0 Å². The van der Waals surface area contributed by atoms with E-state index in [0.717, 1.165) is 54.8 Å². The highest BCUT2D eigenvalue weighted by atomic mass is 32.1. The van der Waals surface area contributed by atoms with E-state index in [0.29, 0.717) is 6.61 Å². The number of hydrogen-bond acceptors (Lipinski definition) is 7. The molecule has 32 heavy (non-hydrogen) atoms. The molecule has 1 atom stereocenters. The lowest BCUT2D eigenvalue weighted by Gasteiger charge is -2.36. The van der Waals surface area contributed by atoms with Gasteiger partial charge in [-0.15, -0.1) is 11.3 Å². The fourth-order valence-corrected chi connectivity index (χ4v) is 5.75. The topological polar surface area (TPSA) is 60.4 Å². The van der Waals surface area contributed by atoms with Crippen LogP contribution in [0.15, 0.2) is 46.0 Å². The number of nitrogens with zero attached hydrogens (tertiary/aromatic N) is 4. The van der Waals surface area contributed by atoms with E-state index in [9.17, 15) is 4.79 Å². The fourth-order valence-electron chi connectivity index (χ4n) is 4.37. The van der Waals surface area contributed by atoms with E-state index in [1.807, 2.05) is 46.7 Å². The molecule has 1 unspecified atom stereocenters. The molecule has 1 fully saturated rings. The molecule has 7 nitrogen and oxygen atoms in total. The normalized spacial score (nSPS) is 20.7. The second-order valence-corrected chi connectivity index (χ2v) is 10.1. The summed E-state index contributed by atoms with van der Waals surface area (Å²) < 4.78 is 6.05. The molecular weight excluding hydrogens is 442 g/mol. The van der Waals surface area contributed by atoms with Crippen LogP contribution in [0.25, 0.3) is 5.70 Å². The van der Waals surface area contributed by atoms with E-state index >= 15 is 0 Å². The Balaban J connectivity index is 1.31. The quantitative estimate of drug-likeness (QED) is 0.696.